The number of carbonyl (C=O) groups excluding carboxylic acids is 3. The molecule has 256 valence electrons. The van der Waals surface area contributed by atoms with Crippen molar-refractivity contribution >= 4 is 34.6 Å². The molecule has 4 amide bonds. The molecule has 2 aromatic carbocycles. The van der Waals surface area contributed by atoms with Crippen LogP contribution in [-0.2, 0) is 22.5 Å². The summed E-state index contributed by atoms with van der Waals surface area (Å²) in [5.74, 6) is -0.0735. The van der Waals surface area contributed by atoms with E-state index in [4.69, 9.17) is 4.84 Å². The molecule has 0 radical (unpaired) electrons. The fourth-order valence-electron chi connectivity index (χ4n) is 7.96. The van der Waals surface area contributed by atoms with Crippen LogP contribution in [0.3, 0.4) is 0 Å². The van der Waals surface area contributed by atoms with Gasteiger partial charge in [0.05, 0.1) is 0 Å². The van der Waals surface area contributed by atoms with E-state index in [1.54, 1.807) is 5.06 Å². The highest BCUT2D eigenvalue weighted by Crippen LogP contribution is 2.25. The van der Waals surface area contributed by atoms with E-state index < -0.39 is 12.1 Å². The number of urea groups is 1. The number of rotatable bonds is 7. The van der Waals surface area contributed by atoms with Crippen LogP contribution in [0.2, 0.25) is 0 Å². The van der Waals surface area contributed by atoms with Gasteiger partial charge in [-0.3, -0.25) is 9.69 Å². The average Bonchev–Trinajstić information content (AvgIpc) is 3.52. The molecule has 5 heterocycles. The first-order valence-electron chi connectivity index (χ1n) is 17.6. The number of carbonyl (C=O) groups is 3. The van der Waals surface area contributed by atoms with Gasteiger partial charge in [-0.25, -0.2) is 9.59 Å². The first kappa shape index (κ1) is 32.4. The van der Waals surface area contributed by atoms with E-state index in [1.165, 1.54) is 0 Å². The highest BCUT2D eigenvalue weighted by Gasteiger charge is 2.34. The van der Waals surface area contributed by atoms with Crippen molar-refractivity contribution in [3.63, 3.8) is 0 Å². The predicted octanol–water partition coefficient (Wildman–Crippen LogP) is 3.48. The molecule has 3 saturated heterocycles. The lowest BCUT2D eigenvalue weighted by Gasteiger charge is -2.41. The minimum atomic E-state index is -0.751. The zero-order valence-corrected chi connectivity index (χ0v) is 27.9. The number of fused-ring (bicyclic) bond motifs is 2. The van der Waals surface area contributed by atoms with Crippen LogP contribution in [0.4, 0.5) is 15.3 Å². The number of amides is 4. The number of para-hydroxylation sites is 1. The van der Waals surface area contributed by atoms with Crippen LogP contribution >= 0.6 is 0 Å². The Morgan fingerprint density at radius 2 is 1.71 bits per heavy atom. The summed E-state index contributed by atoms with van der Waals surface area (Å²) in [6.45, 7) is 8.80. The smallest absolute Gasteiger partial charge is 0.361 e. The molecule has 48 heavy (non-hydrogen) atoms. The summed E-state index contributed by atoms with van der Waals surface area (Å²) >= 11 is 0. The van der Waals surface area contributed by atoms with E-state index in [0.29, 0.717) is 58.0 Å². The minimum Gasteiger partial charge on any atom is -0.361 e. The molecule has 1 aromatic heterocycles. The fourth-order valence-corrected chi connectivity index (χ4v) is 7.96. The molecule has 1 atom stereocenters. The molecule has 4 aliphatic rings. The summed E-state index contributed by atoms with van der Waals surface area (Å²) < 4.78 is 0. The first-order chi connectivity index (χ1) is 23.4. The predicted molar refractivity (Wildman–Crippen MR) is 185 cm³/mol. The SMILES string of the molecule is Cc1cc(CC(NC(=O)ON2CCC(N3CCc4ccccc4NC3=O)CC2)C(=O)N2CCN(C3CCNCC3)CC2)cc2cc[nH]c12. The van der Waals surface area contributed by atoms with E-state index in [2.05, 4.69) is 51.0 Å². The number of hydroxylamine groups is 2. The lowest BCUT2D eigenvalue weighted by molar-refractivity contribution is -0.137. The Labute approximate surface area is 282 Å². The highest BCUT2D eigenvalue weighted by molar-refractivity contribution is 5.91. The summed E-state index contributed by atoms with van der Waals surface area (Å²) in [6.07, 6.45) is 6.13. The molecule has 1 unspecified atom stereocenters. The third-order valence-electron chi connectivity index (χ3n) is 10.6. The zero-order chi connectivity index (χ0) is 33.0. The Balaban J connectivity index is 0.967. The van der Waals surface area contributed by atoms with Gasteiger partial charge >= 0.3 is 12.1 Å². The topological polar surface area (TPSA) is 125 Å². The number of hydrogen-bond acceptors (Lipinski definition) is 7. The van der Waals surface area contributed by atoms with Crippen molar-refractivity contribution in [2.45, 2.75) is 63.6 Å². The highest BCUT2D eigenvalue weighted by atomic mass is 16.7. The molecule has 0 spiro atoms. The van der Waals surface area contributed by atoms with Gasteiger partial charge in [-0.2, -0.15) is 0 Å². The lowest BCUT2D eigenvalue weighted by atomic mass is 10.00. The van der Waals surface area contributed by atoms with Gasteiger partial charge < -0.3 is 35.6 Å². The molecule has 12 heteroatoms. The second-order valence-electron chi connectivity index (χ2n) is 13.7. The third kappa shape index (κ3) is 7.30. The first-order valence-corrected chi connectivity index (χ1v) is 17.6. The molecule has 4 N–H and O–H groups in total. The number of hydrogen-bond donors (Lipinski definition) is 4. The molecule has 3 fully saturated rings. The van der Waals surface area contributed by atoms with Crippen LogP contribution in [0.15, 0.2) is 48.7 Å². The number of piperidine rings is 2. The van der Waals surface area contributed by atoms with Crippen LogP contribution in [0, 0.1) is 6.92 Å². The van der Waals surface area contributed by atoms with Crippen LogP contribution in [-0.4, -0.2) is 120 Å². The Hall–Kier alpha value is -4.13. The summed E-state index contributed by atoms with van der Waals surface area (Å²) in [4.78, 5) is 55.8. The average molecular weight is 657 g/mol. The normalized spacial score (nSPS) is 21.0. The second-order valence-corrected chi connectivity index (χ2v) is 13.7. The largest absolute Gasteiger partial charge is 0.426 e. The van der Waals surface area contributed by atoms with Crippen LogP contribution in [0.1, 0.15) is 42.4 Å². The lowest BCUT2D eigenvalue weighted by Crippen LogP contribution is -2.58. The molecule has 3 aromatic rings. The molecular formula is C36H48N8O4. The monoisotopic (exact) mass is 656 g/mol. The Bertz CT molecular complexity index is 1600. The number of aromatic nitrogens is 1. The van der Waals surface area contributed by atoms with E-state index in [9.17, 15) is 14.4 Å². The van der Waals surface area contributed by atoms with Crippen molar-refractivity contribution in [3.8, 4) is 0 Å². The molecule has 0 saturated carbocycles. The van der Waals surface area contributed by atoms with Crippen molar-refractivity contribution in [1.82, 2.24) is 35.4 Å². The number of nitrogens with zero attached hydrogens (tertiary/aromatic N) is 4. The van der Waals surface area contributed by atoms with Gasteiger partial charge in [-0.05, 0) is 92.4 Å². The Morgan fingerprint density at radius 3 is 2.50 bits per heavy atom. The van der Waals surface area contributed by atoms with Crippen molar-refractivity contribution in [3.05, 3.63) is 65.4 Å². The number of piperazine rings is 1. The van der Waals surface area contributed by atoms with E-state index in [-0.39, 0.29) is 18.0 Å². The number of nitrogens with one attached hydrogen (secondary N) is 4. The van der Waals surface area contributed by atoms with Gasteiger partial charge in [-0.1, -0.05) is 24.3 Å². The number of benzene rings is 2. The van der Waals surface area contributed by atoms with Gasteiger partial charge in [0.2, 0.25) is 5.91 Å². The quantitative estimate of drug-likeness (QED) is 0.307. The van der Waals surface area contributed by atoms with E-state index in [0.717, 1.165) is 78.7 Å². The maximum Gasteiger partial charge on any atom is 0.426 e. The van der Waals surface area contributed by atoms with Crippen molar-refractivity contribution in [2.75, 3.05) is 64.2 Å². The number of aromatic amines is 1. The van der Waals surface area contributed by atoms with Crippen LogP contribution < -0.4 is 16.0 Å². The second kappa shape index (κ2) is 14.6. The van der Waals surface area contributed by atoms with Crippen molar-refractivity contribution in [2.24, 2.45) is 0 Å². The summed E-state index contributed by atoms with van der Waals surface area (Å²) in [5, 5.41) is 12.2. The van der Waals surface area contributed by atoms with Gasteiger partial charge in [0.1, 0.15) is 6.04 Å². The van der Waals surface area contributed by atoms with Crippen molar-refractivity contribution < 1.29 is 19.2 Å². The molecular weight excluding hydrogens is 608 g/mol. The van der Waals surface area contributed by atoms with Gasteiger partial charge in [0, 0.05) is 81.7 Å². The molecule has 7 rings (SSSR count). The van der Waals surface area contributed by atoms with Crippen molar-refractivity contribution in [1.29, 1.82) is 0 Å². The summed E-state index contributed by atoms with van der Waals surface area (Å²) in [6, 6.07) is 13.9. The summed E-state index contributed by atoms with van der Waals surface area (Å²) in [5.41, 5.74) is 5.18. The standard InChI is InChI=1S/C36H48N8O4/c1-25-22-26(23-28-6-14-38-33(25)28)24-32(34(45)42-20-18-41(19-21-42)29-7-12-37-13-8-29)40-36(47)48-43-15-10-30(11-16-43)44-17-9-27-4-2-3-5-31(27)39-35(44)46/h2-6,14,22-23,29-30,32,37-38H,7-13,15-21,24H2,1H3,(H,39,46)(H,40,47). The van der Waals surface area contributed by atoms with Gasteiger partial charge in [0.15, 0.2) is 0 Å². The number of anilines is 1. The van der Waals surface area contributed by atoms with E-state index >= 15 is 0 Å². The molecule has 0 aliphatic carbocycles. The fraction of sp³-hybridized carbons (Fsp3) is 0.528. The Morgan fingerprint density at radius 1 is 0.938 bits per heavy atom. The van der Waals surface area contributed by atoms with E-state index in [1.807, 2.05) is 40.3 Å². The maximum atomic E-state index is 14.0. The Kier molecular flexibility index (Phi) is 9.83. The molecule has 0 bridgehead atoms. The summed E-state index contributed by atoms with van der Waals surface area (Å²) in [7, 11) is 0. The van der Waals surface area contributed by atoms with Crippen LogP contribution in [0.5, 0.6) is 0 Å². The van der Waals surface area contributed by atoms with Gasteiger partial charge in [0.25, 0.3) is 0 Å². The maximum absolute atomic E-state index is 14.0. The third-order valence-corrected chi connectivity index (χ3v) is 10.6. The minimum absolute atomic E-state index is 0.0617. The zero-order valence-electron chi connectivity index (χ0n) is 27.9. The molecule has 4 aliphatic heterocycles. The number of aryl methyl sites for hydroxylation is 1. The molecule has 12 nitrogen and oxygen atoms in total. The number of H-pyrrole nitrogens is 1. The van der Waals surface area contributed by atoms with Gasteiger partial charge in [-0.15, -0.1) is 5.06 Å². The van der Waals surface area contributed by atoms with Crippen LogP contribution in [0.25, 0.3) is 10.9 Å².